The van der Waals surface area contributed by atoms with E-state index in [2.05, 4.69) is 15.9 Å². The van der Waals surface area contributed by atoms with Gasteiger partial charge in [0.25, 0.3) is 0 Å². The Balaban J connectivity index is 1.62. The Bertz CT molecular complexity index is 725. The number of hydrogen-bond donors (Lipinski definition) is 0. The molecule has 0 bridgehead atoms. The molecule has 0 N–H and O–H groups in total. The molecule has 1 aromatic carbocycles. The van der Waals surface area contributed by atoms with Crippen LogP contribution < -0.4 is 4.74 Å². The van der Waals surface area contributed by atoms with Crippen LogP contribution in [0, 0.1) is 17.8 Å². The van der Waals surface area contributed by atoms with Crippen molar-refractivity contribution >= 4 is 23.4 Å². The summed E-state index contributed by atoms with van der Waals surface area (Å²) in [6, 6.07) is 4.80. The first-order chi connectivity index (χ1) is 13.3. The first kappa shape index (κ1) is 21.5. The van der Waals surface area contributed by atoms with Crippen molar-refractivity contribution in [3.8, 4) is 5.75 Å². The zero-order valence-corrected chi connectivity index (χ0v) is 17.5. The molecule has 0 spiro atoms. The highest BCUT2D eigenvalue weighted by molar-refractivity contribution is 8.00. The van der Waals surface area contributed by atoms with Gasteiger partial charge in [-0.3, -0.25) is 4.79 Å². The van der Waals surface area contributed by atoms with Crippen LogP contribution in [0.15, 0.2) is 36.4 Å². The second-order valence-electron chi connectivity index (χ2n) is 7.18. The fourth-order valence-corrected chi connectivity index (χ4v) is 4.77. The van der Waals surface area contributed by atoms with E-state index in [9.17, 15) is 18.0 Å². The molecule has 1 saturated heterocycles. The van der Waals surface area contributed by atoms with E-state index in [0.29, 0.717) is 12.3 Å². The van der Waals surface area contributed by atoms with Gasteiger partial charge in [0.1, 0.15) is 24.6 Å². The topological polar surface area (TPSA) is 44.8 Å². The number of esters is 1. The first-order valence-corrected chi connectivity index (χ1v) is 11.8. The fraction of sp³-hybridized carbons (Fsp3) is 0.526. The van der Waals surface area contributed by atoms with Crippen molar-refractivity contribution in [2.45, 2.75) is 38.1 Å². The summed E-state index contributed by atoms with van der Waals surface area (Å²) in [5.74, 6) is 0.787. The molecule has 154 valence electrons. The van der Waals surface area contributed by atoms with E-state index in [0.717, 1.165) is 18.6 Å². The summed E-state index contributed by atoms with van der Waals surface area (Å²) in [4.78, 5) is 11.5. The second-order valence-corrected chi connectivity index (χ2v) is 8.36. The summed E-state index contributed by atoms with van der Waals surface area (Å²) >= 11 is 0. The summed E-state index contributed by atoms with van der Waals surface area (Å²) in [6.45, 7) is 2.23. The van der Waals surface area contributed by atoms with Gasteiger partial charge in [0.2, 0.25) is 0 Å². The number of hydrogen-bond acceptors (Lipinski definition) is 4. The minimum Gasteiger partial charge on any atom is -0.491 e. The average Bonchev–Trinajstić information content (AvgIpc) is 3.12. The van der Waals surface area contributed by atoms with Gasteiger partial charge in [0.15, 0.2) is 0 Å². The molecule has 1 saturated carbocycles. The molecule has 2 fully saturated rings. The van der Waals surface area contributed by atoms with Crippen molar-refractivity contribution in [1.29, 1.82) is 0 Å². The molecule has 28 heavy (non-hydrogen) atoms. The molecule has 0 amide bonds. The molecule has 1 aliphatic heterocycles. The third kappa shape index (κ3) is 5.25. The summed E-state index contributed by atoms with van der Waals surface area (Å²) in [6.07, 6.45) is 0.396. The highest BCUT2D eigenvalue weighted by atomic mass is 32.0. The minimum absolute atomic E-state index is 0.0125. The van der Waals surface area contributed by atoms with Crippen LogP contribution in [0.4, 0.5) is 13.2 Å². The standard InChI is InChI=1S/C19H23F3O4P2/c1-11-7-17-16(9-18(23)25-17)15(11)6-5-14(26-28-27)10-24-13-4-2-3-12(8-13)19(20,21)22/h2-6,8,11,14-17,28H,7,9-10,27H2,1H3/b6-5+/t11-,14-,15+,16-,17+/m1/s1. The Morgan fingerprint density at radius 2 is 2.21 bits per heavy atom. The lowest BCUT2D eigenvalue weighted by Gasteiger charge is -2.18. The number of benzene rings is 1. The van der Waals surface area contributed by atoms with Crippen LogP contribution in [0.3, 0.4) is 0 Å². The van der Waals surface area contributed by atoms with Crippen LogP contribution in [0.2, 0.25) is 0 Å². The lowest BCUT2D eigenvalue weighted by Crippen LogP contribution is -2.18. The smallest absolute Gasteiger partial charge is 0.416 e. The molecule has 9 heteroatoms. The van der Waals surface area contributed by atoms with Gasteiger partial charge in [-0.25, -0.2) is 0 Å². The molecule has 0 radical (unpaired) electrons. The largest absolute Gasteiger partial charge is 0.491 e. The summed E-state index contributed by atoms with van der Waals surface area (Å²) < 4.78 is 55.0. The van der Waals surface area contributed by atoms with E-state index >= 15 is 0 Å². The first-order valence-electron chi connectivity index (χ1n) is 9.07. The summed E-state index contributed by atoms with van der Waals surface area (Å²) in [5, 5.41) is 0. The van der Waals surface area contributed by atoms with Crippen molar-refractivity contribution in [2.75, 3.05) is 6.61 Å². The maximum atomic E-state index is 12.8. The van der Waals surface area contributed by atoms with Gasteiger partial charge < -0.3 is 14.0 Å². The Morgan fingerprint density at radius 3 is 2.93 bits per heavy atom. The lowest BCUT2D eigenvalue weighted by molar-refractivity contribution is -0.141. The fourth-order valence-electron chi connectivity index (χ4n) is 3.92. The Labute approximate surface area is 166 Å². The van der Waals surface area contributed by atoms with Crippen molar-refractivity contribution in [3.05, 3.63) is 42.0 Å². The molecule has 0 aromatic heterocycles. The molecule has 2 aliphatic rings. The number of rotatable bonds is 7. The lowest BCUT2D eigenvalue weighted by atomic mass is 9.88. The van der Waals surface area contributed by atoms with Gasteiger partial charge in [-0.05, 0) is 36.5 Å². The van der Waals surface area contributed by atoms with Crippen LogP contribution in [0.5, 0.6) is 5.75 Å². The molecule has 2 unspecified atom stereocenters. The zero-order chi connectivity index (χ0) is 20.3. The highest BCUT2D eigenvalue weighted by Gasteiger charge is 2.47. The number of carbonyl (C=O) groups excluding carboxylic acids is 1. The van der Waals surface area contributed by atoms with Crippen molar-refractivity contribution in [1.82, 2.24) is 0 Å². The third-order valence-corrected chi connectivity index (χ3v) is 6.11. The van der Waals surface area contributed by atoms with E-state index in [1.807, 2.05) is 12.2 Å². The Morgan fingerprint density at radius 1 is 1.43 bits per heavy atom. The minimum atomic E-state index is -4.41. The van der Waals surface area contributed by atoms with Crippen LogP contribution in [-0.4, -0.2) is 24.8 Å². The quantitative estimate of drug-likeness (QED) is 0.344. The van der Waals surface area contributed by atoms with Crippen molar-refractivity contribution < 1.29 is 32.0 Å². The zero-order valence-electron chi connectivity index (χ0n) is 15.3. The number of fused-ring (bicyclic) bond motifs is 1. The highest BCUT2D eigenvalue weighted by Crippen LogP contribution is 2.45. The van der Waals surface area contributed by atoms with E-state index in [4.69, 9.17) is 14.0 Å². The third-order valence-electron chi connectivity index (χ3n) is 5.26. The molecule has 1 heterocycles. The monoisotopic (exact) mass is 434 g/mol. The van der Waals surface area contributed by atoms with Crippen LogP contribution in [0.25, 0.3) is 0 Å². The molecular weight excluding hydrogens is 411 g/mol. The van der Waals surface area contributed by atoms with Crippen molar-refractivity contribution in [3.63, 3.8) is 0 Å². The Kier molecular flexibility index (Phi) is 7.01. The van der Waals surface area contributed by atoms with Gasteiger partial charge in [0, 0.05) is 14.4 Å². The maximum Gasteiger partial charge on any atom is 0.416 e. The summed E-state index contributed by atoms with van der Waals surface area (Å²) in [7, 11) is 2.61. The SMILES string of the molecule is C[C@@H]1C[C@@H]2OC(=O)C[C@@H]2[C@H]1/C=C/[C@H](COc1cccc(C(F)(F)F)c1)OPP. The van der Waals surface area contributed by atoms with Gasteiger partial charge in [-0.1, -0.05) is 34.1 Å². The predicted molar refractivity (Wildman–Crippen MR) is 104 cm³/mol. The summed E-state index contributed by atoms with van der Waals surface area (Å²) in [5.41, 5.74) is -0.748. The second kappa shape index (κ2) is 9.11. The molecular formula is C19H23F3O4P2. The molecule has 1 aromatic rings. The Hall–Kier alpha value is -1.16. The van der Waals surface area contributed by atoms with Gasteiger partial charge in [0.05, 0.1) is 12.0 Å². The van der Waals surface area contributed by atoms with E-state index in [1.54, 1.807) is 0 Å². The number of carbonyl (C=O) groups is 1. The molecule has 1 aliphatic carbocycles. The number of alkyl halides is 3. The van der Waals surface area contributed by atoms with Gasteiger partial charge in [-0.15, -0.1) is 0 Å². The predicted octanol–water partition coefficient (Wildman–Crippen LogP) is 5.00. The van der Waals surface area contributed by atoms with Crippen molar-refractivity contribution in [2.24, 2.45) is 17.8 Å². The van der Waals surface area contributed by atoms with Gasteiger partial charge >= 0.3 is 12.1 Å². The number of allylic oxidation sites excluding steroid dienone is 1. The maximum absolute atomic E-state index is 12.8. The number of ether oxygens (including phenoxy) is 2. The molecule has 3 rings (SSSR count). The van der Waals surface area contributed by atoms with Crippen LogP contribution in [-0.2, 0) is 20.2 Å². The van der Waals surface area contributed by atoms with E-state index in [-0.39, 0.29) is 44.8 Å². The molecule has 7 atom stereocenters. The van der Waals surface area contributed by atoms with Gasteiger partial charge in [-0.2, -0.15) is 13.2 Å². The normalized spacial score (nSPS) is 28.8. The van der Waals surface area contributed by atoms with Crippen LogP contribution >= 0.6 is 17.4 Å². The van der Waals surface area contributed by atoms with E-state index in [1.165, 1.54) is 12.1 Å². The average molecular weight is 434 g/mol. The number of halogens is 3. The van der Waals surface area contributed by atoms with E-state index < -0.39 is 17.8 Å². The molecule has 4 nitrogen and oxygen atoms in total. The van der Waals surface area contributed by atoms with Crippen LogP contribution in [0.1, 0.15) is 25.3 Å².